The fourth-order valence-electron chi connectivity index (χ4n) is 4.39. The summed E-state index contributed by atoms with van der Waals surface area (Å²) in [5.41, 5.74) is 0.739. The number of hydrogen-bond acceptors (Lipinski definition) is 5. The smallest absolute Gasteiger partial charge is 0.174 e. The van der Waals surface area contributed by atoms with Gasteiger partial charge >= 0.3 is 0 Å². The molecule has 29 heavy (non-hydrogen) atoms. The number of fused-ring (bicyclic) bond motifs is 1. The van der Waals surface area contributed by atoms with Crippen molar-refractivity contribution in [1.82, 2.24) is 9.80 Å². The van der Waals surface area contributed by atoms with Crippen LogP contribution in [0.4, 0.5) is 0 Å². The molecule has 0 aromatic heterocycles. The fourth-order valence-corrected chi connectivity index (χ4v) is 4.39. The SMILES string of the molecule is CCCN(C)CCCCCOC1CCN(CC2COc3ccccc3C2=O)CC1. The van der Waals surface area contributed by atoms with Crippen LogP contribution in [0, 0.1) is 5.92 Å². The highest BCUT2D eigenvalue weighted by atomic mass is 16.5. The molecule has 162 valence electrons. The van der Waals surface area contributed by atoms with Gasteiger partial charge in [-0.05, 0) is 70.8 Å². The second-order valence-electron chi connectivity index (χ2n) is 8.60. The van der Waals surface area contributed by atoms with Crippen molar-refractivity contribution >= 4 is 5.78 Å². The second kappa shape index (κ2) is 11.7. The molecule has 1 saturated heterocycles. The van der Waals surface area contributed by atoms with Gasteiger partial charge in [-0.3, -0.25) is 4.79 Å². The zero-order chi connectivity index (χ0) is 20.5. The third-order valence-electron chi connectivity index (χ3n) is 6.12. The summed E-state index contributed by atoms with van der Waals surface area (Å²) in [6.07, 6.45) is 7.42. The van der Waals surface area contributed by atoms with E-state index in [4.69, 9.17) is 9.47 Å². The minimum Gasteiger partial charge on any atom is -0.492 e. The Balaban J connectivity index is 1.28. The van der Waals surface area contributed by atoms with Crippen LogP contribution in [0.1, 0.15) is 55.8 Å². The molecule has 2 aliphatic heterocycles. The number of benzene rings is 1. The van der Waals surface area contributed by atoms with Crippen molar-refractivity contribution in [1.29, 1.82) is 0 Å². The average molecular weight is 403 g/mol. The standard InChI is InChI=1S/C24H38N2O3/c1-3-13-25(2)14-7-4-8-17-28-21-11-15-26(16-12-21)18-20-19-29-23-10-6-5-9-22(23)24(20)27/h5-6,9-10,20-21H,3-4,7-8,11-19H2,1-2H3. The molecule has 1 atom stereocenters. The number of likely N-dealkylation sites (tertiary alicyclic amines) is 1. The van der Waals surface area contributed by atoms with E-state index in [-0.39, 0.29) is 11.7 Å². The maximum Gasteiger partial charge on any atom is 0.174 e. The van der Waals surface area contributed by atoms with Crippen molar-refractivity contribution in [3.63, 3.8) is 0 Å². The van der Waals surface area contributed by atoms with E-state index in [0.717, 1.165) is 56.8 Å². The number of unbranched alkanes of at least 4 members (excludes halogenated alkanes) is 2. The third kappa shape index (κ3) is 6.80. The number of nitrogens with zero attached hydrogens (tertiary/aromatic N) is 2. The lowest BCUT2D eigenvalue weighted by molar-refractivity contribution is 0.00170. The van der Waals surface area contributed by atoms with E-state index in [9.17, 15) is 4.79 Å². The first kappa shape index (κ1) is 22.3. The largest absolute Gasteiger partial charge is 0.492 e. The molecule has 3 rings (SSSR count). The molecule has 0 aliphatic carbocycles. The minimum absolute atomic E-state index is 0.0480. The molecule has 2 heterocycles. The lowest BCUT2D eigenvalue weighted by atomic mass is 9.94. The monoisotopic (exact) mass is 402 g/mol. The zero-order valence-electron chi connectivity index (χ0n) is 18.3. The van der Waals surface area contributed by atoms with E-state index < -0.39 is 0 Å². The highest BCUT2D eigenvalue weighted by Gasteiger charge is 2.31. The average Bonchev–Trinajstić information content (AvgIpc) is 2.74. The molecule has 0 bridgehead atoms. The van der Waals surface area contributed by atoms with Crippen LogP contribution in [0.3, 0.4) is 0 Å². The maximum atomic E-state index is 12.7. The van der Waals surface area contributed by atoms with Crippen LogP contribution in [-0.4, -0.2) is 74.7 Å². The van der Waals surface area contributed by atoms with E-state index in [1.807, 2.05) is 24.3 Å². The molecule has 1 aromatic carbocycles. The Morgan fingerprint density at radius 3 is 2.72 bits per heavy atom. The van der Waals surface area contributed by atoms with Gasteiger partial charge in [0.1, 0.15) is 5.75 Å². The van der Waals surface area contributed by atoms with Crippen molar-refractivity contribution in [3.05, 3.63) is 29.8 Å². The van der Waals surface area contributed by atoms with E-state index in [0.29, 0.717) is 12.7 Å². The van der Waals surface area contributed by atoms with E-state index >= 15 is 0 Å². The molecule has 1 unspecified atom stereocenters. The predicted octanol–water partition coefficient (Wildman–Crippen LogP) is 3.87. The Labute approximate surface area is 176 Å². The van der Waals surface area contributed by atoms with Crippen LogP contribution >= 0.6 is 0 Å². The zero-order valence-corrected chi connectivity index (χ0v) is 18.3. The van der Waals surface area contributed by atoms with Gasteiger partial charge in [-0.25, -0.2) is 0 Å². The lowest BCUT2D eigenvalue weighted by Crippen LogP contribution is -2.43. The number of carbonyl (C=O) groups is 1. The van der Waals surface area contributed by atoms with Crippen molar-refractivity contribution in [3.8, 4) is 5.75 Å². The van der Waals surface area contributed by atoms with Crippen molar-refractivity contribution < 1.29 is 14.3 Å². The Morgan fingerprint density at radius 1 is 1.14 bits per heavy atom. The molecular formula is C24H38N2O3. The van der Waals surface area contributed by atoms with Crippen LogP contribution in [0.25, 0.3) is 0 Å². The Kier molecular flexibility index (Phi) is 8.96. The quantitative estimate of drug-likeness (QED) is 0.526. The molecule has 5 nitrogen and oxygen atoms in total. The van der Waals surface area contributed by atoms with Crippen molar-refractivity contribution in [2.24, 2.45) is 5.92 Å². The highest BCUT2D eigenvalue weighted by molar-refractivity contribution is 6.01. The Hall–Kier alpha value is -1.43. The van der Waals surface area contributed by atoms with Gasteiger partial charge in [0.05, 0.1) is 24.2 Å². The number of ether oxygens (including phenoxy) is 2. The number of carbonyl (C=O) groups excluding carboxylic acids is 1. The van der Waals surface area contributed by atoms with Gasteiger partial charge in [-0.1, -0.05) is 19.1 Å². The first-order chi connectivity index (χ1) is 14.2. The summed E-state index contributed by atoms with van der Waals surface area (Å²) in [6, 6.07) is 7.60. The molecule has 2 aliphatic rings. The number of para-hydroxylation sites is 1. The topological polar surface area (TPSA) is 42.0 Å². The van der Waals surface area contributed by atoms with Gasteiger partial charge in [-0.15, -0.1) is 0 Å². The maximum absolute atomic E-state index is 12.7. The second-order valence-corrected chi connectivity index (χ2v) is 8.60. The van der Waals surface area contributed by atoms with E-state index in [1.165, 1.54) is 32.4 Å². The summed E-state index contributed by atoms with van der Waals surface area (Å²) in [6.45, 7) is 8.82. The summed E-state index contributed by atoms with van der Waals surface area (Å²) < 4.78 is 11.9. The predicted molar refractivity (Wildman–Crippen MR) is 117 cm³/mol. The van der Waals surface area contributed by atoms with Gasteiger partial charge in [0.2, 0.25) is 0 Å². The summed E-state index contributed by atoms with van der Waals surface area (Å²) >= 11 is 0. The fraction of sp³-hybridized carbons (Fsp3) is 0.708. The normalized spacial score (nSPS) is 20.7. The number of Topliss-reactive ketones (excluding diaryl/α,β-unsaturated/α-hetero) is 1. The molecule has 0 spiro atoms. The summed E-state index contributed by atoms with van der Waals surface area (Å²) in [5, 5.41) is 0. The van der Waals surface area contributed by atoms with Gasteiger partial charge in [0, 0.05) is 26.2 Å². The van der Waals surface area contributed by atoms with Gasteiger partial charge in [0.15, 0.2) is 5.78 Å². The van der Waals surface area contributed by atoms with E-state index in [2.05, 4.69) is 23.8 Å². The minimum atomic E-state index is -0.0480. The van der Waals surface area contributed by atoms with Crippen LogP contribution in [0.2, 0.25) is 0 Å². The molecule has 1 aromatic rings. The van der Waals surface area contributed by atoms with Gasteiger partial charge < -0.3 is 19.3 Å². The number of rotatable bonds is 11. The Bertz CT molecular complexity index is 628. The molecule has 0 radical (unpaired) electrons. The highest BCUT2D eigenvalue weighted by Crippen LogP contribution is 2.28. The van der Waals surface area contributed by atoms with Crippen LogP contribution < -0.4 is 4.74 Å². The van der Waals surface area contributed by atoms with Crippen LogP contribution in [0.15, 0.2) is 24.3 Å². The molecule has 5 heteroatoms. The summed E-state index contributed by atoms with van der Waals surface area (Å²) in [7, 11) is 2.21. The first-order valence-corrected chi connectivity index (χ1v) is 11.5. The van der Waals surface area contributed by atoms with Gasteiger partial charge in [-0.2, -0.15) is 0 Å². The van der Waals surface area contributed by atoms with Crippen LogP contribution in [0.5, 0.6) is 5.75 Å². The summed E-state index contributed by atoms with van der Waals surface area (Å²) in [5.74, 6) is 0.917. The molecule has 1 fully saturated rings. The molecular weight excluding hydrogens is 364 g/mol. The first-order valence-electron chi connectivity index (χ1n) is 11.5. The van der Waals surface area contributed by atoms with E-state index in [1.54, 1.807) is 0 Å². The van der Waals surface area contributed by atoms with Crippen molar-refractivity contribution in [2.75, 3.05) is 53.0 Å². The van der Waals surface area contributed by atoms with Gasteiger partial charge in [0.25, 0.3) is 0 Å². The number of hydrogen-bond donors (Lipinski definition) is 0. The summed E-state index contributed by atoms with van der Waals surface area (Å²) in [4.78, 5) is 17.5. The molecule has 0 amide bonds. The number of piperidine rings is 1. The molecule has 0 N–H and O–H groups in total. The van der Waals surface area contributed by atoms with Crippen LogP contribution in [-0.2, 0) is 4.74 Å². The molecule has 0 saturated carbocycles. The van der Waals surface area contributed by atoms with Crippen molar-refractivity contribution in [2.45, 2.75) is 51.6 Å². The number of ketones is 1. The lowest BCUT2D eigenvalue weighted by Gasteiger charge is -2.35. The Morgan fingerprint density at radius 2 is 1.93 bits per heavy atom. The third-order valence-corrected chi connectivity index (χ3v) is 6.12.